The molecular formula is C16H15N3O7. The van der Waals surface area contributed by atoms with Crippen LogP contribution in [0.25, 0.3) is 0 Å². The number of nitrogens with one attached hydrogen (secondary N) is 1. The second kappa shape index (κ2) is 7.92. The quantitative estimate of drug-likeness (QED) is 0.450. The number of rotatable bonds is 7. The van der Waals surface area contributed by atoms with E-state index in [1.165, 1.54) is 7.11 Å². The summed E-state index contributed by atoms with van der Waals surface area (Å²) in [4.78, 5) is 33.0. The van der Waals surface area contributed by atoms with Gasteiger partial charge < -0.3 is 14.8 Å². The molecule has 10 heteroatoms. The minimum atomic E-state index is -0.907. The average Bonchev–Trinajstić information content (AvgIpc) is 2.62. The molecular weight excluding hydrogens is 346 g/mol. The molecule has 0 aliphatic heterocycles. The van der Waals surface area contributed by atoms with Crippen molar-refractivity contribution in [2.45, 2.75) is 6.92 Å². The average molecular weight is 361 g/mol. The van der Waals surface area contributed by atoms with Crippen LogP contribution >= 0.6 is 0 Å². The number of carbonyl (C=O) groups excluding carboxylic acids is 1. The van der Waals surface area contributed by atoms with E-state index in [-0.39, 0.29) is 17.9 Å². The van der Waals surface area contributed by atoms with E-state index in [1.54, 1.807) is 31.2 Å². The van der Waals surface area contributed by atoms with Gasteiger partial charge in [-0.05, 0) is 31.2 Å². The maximum absolute atomic E-state index is 12.2. The van der Waals surface area contributed by atoms with E-state index in [4.69, 9.17) is 9.47 Å². The summed E-state index contributed by atoms with van der Waals surface area (Å²) in [6.45, 7) is 1.57. The fourth-order valence-electron chi connectivity index (χ4n) is 2.18. The molecule has 10 nitrogen and oxygen atoms in total. The number of hydrogen-bond acceptors (Lipinski definition) is 8. The number of esters is 1. The third-order valence-corrected chi connectivity index (χ3v) is 3.36. The van der Waals surface area contributed by atoms with Crippen molar-refractivity contribution in [2.24, 2.45) is 0 Å². The number of nitro groups is 2. The summed E-state index contributed by atoms with van der Waals surface area (Å²) in [6, 6.07) is 8.12. The van der Waals surface area contributed by atoms with E-state index in [9.17, 15) is 25.0 Å². The van der Waals surface area contributed by atoms with E-state index in [1.807, 2.05) is 0 Å². The van der Waals surface area contributed by atoms with Gasteiger partial charge in [-0.1, -0.05) is 0 Å². The summed E-state index contributed by atoms with van der Waals surface area (Å²) in [5, 5.41) is 25.2. The Morgan fingerprint density at radius 2 is 1.77 bits per heavy atom. The predicted molar refractivity (Wildman–Crippen MR) is 92.0 cm³/mol. The highest BCUT2D eigenvalue weighted by Crippen LogP contribution is 2.36. The Balaban J connectivity index is 2.60. The van der Waals surface area contributed by atoms with E-state index in [2.05, 4.69) is 5.32 Å². The minimum Gasteiger partial charge on any atom is -0.497 e. The highest BCUT2D eigenvalue weighted by Gasteiger charge is 2.28. The molecule has 0 amide bonds. The van der Waals surface area contributed by atoms with Crippen LogP contribution in [0.3, 0.4) is 0 Å². The van der Waals surface area contributed by atoms with Crippen molar-refractivity contribution in [1.82, 2.24) is 0 Å². The van der Waals surface area contributed by atoms with Crippen LogP contribution in [-0.2, 0) is 4.74 Å². The summed E-state index contributed by atoms with van der Waals surface area (Å²) in [6.07, 6.45) is 0. The Labute approximate surface area is 147 Å². The predicted octanol–water partition coefficient (Wildman–Crippen LogP) is 3.43. The van der Waals surface area contributed by atoms with Crippen LogP contribution < -0.4 is 10.1 Å². The Hall–Kier alpha value is -3.69. The maximum atomic E-state index is 12.2. The molecule has 0 saturated carbocycles. The van der Waals surface area contributed by atoms with E-state index in [0.717, 1.165) is 12.1 Å². The molecule has 2 aromatic rings. The summed E-state index contributed by atoms with van der Waals surface area (Å²) in [5.41, 5.74) is -1.26. The number of methoxy groups -OCH3 is 1. The van der Waals surface area contributed by atoms with Gasteiger partial charge >= 0.3 is 5.97 Å². The van der Waals surface area contributed by atoms with Gasteiger partial charge in [0, 0.05) is 11.8 Å². The molecule has 0 heterocycles. The Morgan fingerprint density at radius 3 is 2.27 bits per heavy atom. The number of carbonyl (C=O) groups is 1. The summed E-state index contributed by atoms with van der Waals surface area (Å²) in [5.74, 6) is -0.338. The highest BCUT2D eigenvalue weighted by molar-refractivity contribution is 6.00. The minimum absolute atomic E-state index is 0.0112. The SMILES string of the molecule is CCOC(=O)c1cc([N+](=O)[O-])cc([N+](=O)[O-])c1Nc1ccc(OC)cc1. The molecule has 2 rings (SSSR count). The lowest BCUT2D eigenvalue weighted by atomic mass is 10.1. The molecule has 0 atom stereocenters. The van der Waals surface area contributed by atoms with Crippen LogP contribution in [0.5, 0.6) is 5.75 Å². The smallest absolute Gasteiger partial charge is 0.340 e. The first-order valence-electron chi connectivity index (χ1n) is 7.42. The Bertz CT molecular complexity index is 850. The molecule has 2 aromatic carbocycles. The second-order valence-electron chi connectivity index (χ2n) is 4.98. The number of ether oxygens (including phenoxy) is 2. The zero-order valence-corrected chi connectivity index (χ0v) is 13.9. The molecule has 0 spiro atoms. The van der Waals surface area contributed by atoms with Crippen molar-refractivity contribution >= 4 is 28.7 Å². The molecule has 0 aliphatic rings. The molecule has 0 bridgehead atoms. The van der Waals surface area contributed by atoms with Gasteiger partial charge in [0.15, 0.2) is 0 Å². The van der Waals surface area contributed by atoms with Crippen molar-refractivity contribution in [3.63, 3.8) is 0 Å². The monoisotopic (exact) mass is 361 g/mol. The van der Waals surface area contributed by atoms with Gasteiger partial charge in [0.05, 0.1) is 35.2 Å². The molecule has 0 radical (unpaired) electrons. The van der Waals surface area contributed by atoms with Crippen LogP contribution in [0.15, 0.2) is 36.4 Å². The van der Waals surface area contributed by atoms with E-state index in [0.29, 0.717) is 11.4 Å². The van der Waals surface area contributed by atoms with Gasteiger partial charge in [0.1, 0.15) is 11.4 Å². The fourth-order valence-corrected chi connectivity index (χ4v) is 2.18. The maximum Gasteiger partial charge on any atom is 0.340 e. The lowest BCUT2D eigenvalue weighted by Crippen LogP contribution is -2.11. The summed E-state index contributed by atoms with van der Waals surface area (Å²) in [7, 11) is 1.49. The van der Waals surface area contributed by atoms with Crippen LogP contribution in [0.2, 0.25) is 0 Å². The van der Waals surface area contributed by atoms with Crippen molar-refractivity contribution in [2.75, 3.05) is 19.0 Å². The molecule has 136 valence electrons. The molecule has 0 saturated heterocycles. The van der Waals surface area contributed by atoms with Gasteiger partial charge in [0.25, 0.3) is 11.4 Å². The van der Waals surface area contributed by atoms with Gasteiger partial charge in [-0.25, -0.2) is 4.79 Å². The lowest BCUT2D eigenvalue weighted by Gasteiger charge is -2.12. The van der Waals surface area contributed by atoms with Crippen molar-refractivity contribution in [3.05, 3.63) is 62.2 Å². The summed E-state index contributed by atoms with van der Waals surface area (Å²) < 4.78 is 9.90. The Morgan fingerprint density at radius 1 is 1.12 bits per heavy atom. The van der Waals surface area contributed by atoms with Gasteiger partial charge in [0.2, 0.25) is 0 Å². The zero-order chi connectivity index (χ0) is 19.3. The van der Waals surface area contributed by atoms with Crippen LogP contribution in [-0.4, -0.2) is 29.5 Å². The standard InChI is InChI=1S/C16H15N3O7/c1-3-26-16(20)13-8-11(18(21)22)9-14(19(23)24)15(13)17-10-4-6-12(25-2)7-5-10/h4-9,17H,3H2,1-2H3. The third-order valence-electron chi connectivity index (χ3n) is 3.36. The normalized spacial score (nSPS) is 10.1. The van der Waals surface area contributed by atoms with E-state index < -0.39 is 27.2 Å². The van der Waals surface area contributed by atoms with Crippen LogP contribution in [0.4, 0.5) is 22.7 Å². The number of benzene rings is 2. The molecule has 0 aliphatic carbocycles. The number of non-ortho nitro benzene ring substituents is 1. The first-order chi connectivity index (χ1) is 12.4. The number of hydrogen-bond donors (Lipinski definition) is 1. The van der Waals surface area contributed by atoms with Crippen molar-refractivity contribution in [3.8, 4) is 5.75 Å². The van der Waals surface area contributed by atoms with Crippen molar-refractivity contribution in [1.29, 1.82) is 0 Å². The largest absolute Gasteiger partial charge is 0.497 e. The third kappa shape index (κ3) is 4.04. The van der Waals surface area contributed by atoms with Gasteiger partial charge in [-0.15, -0.1) is 0 Å². The summed E-state index contributed by atoms with van der Waals surface area (Å²) >= 11 is 0. The fraction of sp³-hybridized carbons (Fsp3) is 0.188. The molecule has 0 fully saturated rings. The topological polar surface area (TPSA) is 134 Å². The van der Waals surface area contributed by atoms with Crippen LogP contribution in [0.1, 0.15) is 17.3 Å². The highest BCUT2D eigenvalue weighted by atomic mass is 16.6. The van der Waals surface area contributed by atoms with Gasteiger partial charge in [-0.2, -0.15) is 0 Å². The number of nitro benzene ring substituents is 2. The molecule has 0 aromatic heterocycles. The first-order valence-corrected chi connectivity index (χ1v) is 7.42. The van der Waals surface area contributed by atoms with Crippen LogP contribution in [0, 0.1) is 20.2 Å². The van der Waals surface area contributed by atoms with E-state index >= 15 is 0 Å². The first kappa shape index (κ1) is 18.6. The molecule has 26 heavy (non-hydrogen) atoms. The molecule has 0 unspecified atom stereocenters. The lowest BCUT2D eigenvalue weighted by molar-refractivity contribution is -0.393. The number of anilines is 2. The Kier molecular flexibility index (Phi) is 5.68. The molecule has 1 N–H and O–H groups in total. The zero-order valence-electron chi connectivity index (χ0n) is 13.9. The second-order valence-corrected chi connectivity index (χ2v) is 4.98. The van der Waals surface area contributed by atoms with Gasteiger partial charge in [-0.3, -0.25) is 20.2 Å². The number of nitrogens with zero attached hydrogens (tertiary/aromatic N) is 2. The van der Waals surface area contributed by atoms with Crippen molar-refractivity contribution < 1.29 is 24.1 Å².